The van der Waals surface area contributed by atoms with E-state index in [0.717, 1.165) is 40.2 Å². The van der Waals surface area contributed by atoms with E-state index in [1.807, 2.05) is 60.0 Å². The monoisotopic (exact) mass is 559 g/mol. The van der Waals surface area contributed by atoms with E-state index < -0.39 is 0 Å². The van der Waals surface area contributed by atoms with Crippen LogP contribution in [0.5, 0.6) is 5.75 Å². The van der Waals surface area contributed by atoms with Crippen molar-refractivity contribution in [2.45, 2.75) is 45.4 Å². The lowest BCUT2D eigenvalue weighted by atomic mass is 9.69. The molecule has 2 saturated heterocycles. The molecule has 208 valence electrons. The highest BCUT2D eigenvalue weighted by molar-refractivity contribution is 7.09. The molecule has 1 aliphatic carbocycles. The lowest BCUT2D eigenvalue weighted by Crippen LogP contribution is -2.35. The Bertz CT molecular complexity index is 1420. The molecule has 8 heteroatoms. The van der Waals surface area contributed by atoms with E-state index in [1.54, 1.807) is 17.4 Å². The highest BCUT2D eigenvalue weighted by Crippen LogP contribution is 2.50. The summed E-state index contributed by atoms with van der Waals surface area (Å²) in [5.74, 6) is 0.985. The molecule has 4 atom stereocenters. The van der Waals surface area contributed by atoms with Crippen LogP contribution in [-0.2, 0) is 27.5 Å². The van der Waals surface area contributed by atoms with Crippen molar-refractivity contribution in [3.05, 3.63) is 93.1 Å². The molecule has 0 spiro atoms. The fraction of sp³-hybridized carbons (Fsp3) is 0.375. The maximum Gasteiger partial charge on any atom is 0.234 e. The molecule has 0 unspecified atom stereocenters. The summed E-state index contributed by atoms with van der Waals surface area (Å²) in [5, 5.41) is 11.2. The van der Waals surface area contributed by atoms with E-state index in [4.69, 9.17) is 13.9 Å². The second-order valence-corrected chi connectivity index (χ2v) is 11.8. The number of aliphatic hydroxyl groups is 1. The van der Waals surface area contributed by atoms with Crippen LogP contribution >= 0.6 is 11.3 Å². The summed E-state index contributed by atoms with van der Waals surface area (Å²) in [6.45, 7) is 3.07. The number of furan rings is 1. The van der Waals surface area contributed by atoms with Crippen LogP contribution < -0.4 is 4.74 Å². The number of likely N-dealkylation sites (tertiary alicyclic amines) is 1. The molecule has 4 heterocycles. The van der Waals surface area contributed by atoms with Crippen LogP contribution in [0.2, 0.25) is 0 Å². The molecule has 2 aliphatic heterocycles. The number of thiophene rings is 1. The Hall–Kier alpha value is -3.46. The number of carbonyl (C=O) groups is 2. The molecule has 0 bridgehead atoms. The highest BCUT2D eigenvalue weighted by Gasteiger charge is 2.57. The lowest BCUT2D eigenvalue weighted by molar-refractivity contribution is -0.140. The molecular formula is C32H33NO6S. The summed E-state index contributed by atoms with van der Waals surface area (Å²) < 4.78 is 18.1. The van der Waals surface area contributed by atoms with Crippen LogP contribution in [0.15, 0.2) is 81.1 Å². The third-order valence-corrected chi connectivity index (χ3v) is 9.04. The van der Waals surface area contributed by atoms with Gasteiger partial charge in [0, 0.05) is 10.8 Å². The maximum atomic E-state index is 13.7. The molecule has 0 saturated carbocycles. The number of nitrogens with zero attached hydrogens (tertiary/aromatic N) is 1. The van der Waals surface area contributed by atoms with Gasteiger partial charge in [-0.05, 0) is 79.1 Å². The van der Waals surface area contributed by atoms with Gasteiger partial charge in [0.2, 0.25) is 11.8 Å². The van der Waals surface area contributed by atoms with Gasteiger partial charge in [-0.3, -0.25) is 14.5 Å². The molecule has 3 aliphatic rings. The summed E-state index contributed by atoms with van der Waals surface area (Å²) in [6.07, 6.45) is 3.91. The Kier molecular flexibility index (Phi) is 7.74. The minimum Gasteiger partial charge on any atom is -0.489 e. The Morgan fingerprint density at radius 3 is 2.70 bits per heavy atom. The molecule has 40 heavy (non-hydrogen) atoms. The van der Waals surface area contributed by atoms with Gasteiger partial charge in [-0.1, -0.05) is 29.8 Å². The Labute approximate surface area is 237 Å². The normalized spacial score (nSPS) is 24.6. The molecule has 2 aromatic heterocycles. The van der Waals surface area contributed by atoms with E-state index in [2.05, 4.69) is 6.92 Å². The number of hydrogen-bond acceptors (Lipinski definition) is 7. The van der Waals surface area contributed by atoms with Crippen molar-refractivity contribution in [2.24, 2.45) is 17.8 Å². The fourth-order valence-corrected chi connectivity index (χ4v) is 7.00. The van der Waals surface area contributed by atoms with E-state index in [0.29, 0.717) is 37.7 Å². The number of carbonyl (C=O) groups excluding carboxylic acids is 2. The lowest BCUT2D eigenvalue weighted by Gasteiger charge is -2.31. The topological polar surface area (TPSA) is 89.2 Å². The van der Waals surface area contributed by atoms with Crippen LogP contribution in [0.4, 0.5) is 0 Å². The Morgan fingerprint density at radius 1 is 1.10 bits per heavy atom. The fourth-order valence-electron chi connectivity index (χ4n) is 6.30. The first-order valence-electron chi connectivity index (χ1n) is 13.8. The maximum absolute atomic E-state index is 13.7. The number of para-hydroxylation sites is 1. The highest BCUT2D eigenvalue weighted by atomic mass is 32.1. The summed E-state index contributed by atoms with van der Waals surface area (Å²) in [6, 6.07) is 17.2. The number of amides is 2. The Morgan fingerprint density at radius 2 is 1.95 bits per heavy atom. The number of benzene rings is 1. The number of rotatable bonds is 10. The molecule has 2 amide bonds. The minimum atomic E-state index is -0.385. The molecule has 3 aromatic rings. The number of allylic oxidation sites excluding steroid dienone is 1. The van der Waals surface area contributed by atoms with Crippen molar-refractivity contribution in [2.75, 3.05) is 13.2 Å². The molecule has 7 nitrogen and oxygen atoms in total. The number of fused-ring (bicyclic) bond motifs is 3. The second kappa shape index (κ2) is 11.6. The summed E-state index contributed by atoms with van der Waals surface area (Å²) in [7, 11) is 0. The summed E-state index contributed by atoms with van der Waals surface area (Å²) in [4.78, 5) is 29.7. The zero-order valence-corrected chi connectivity index (χ0v) is 23.3. The van der Waals surface area contributed by atoms with Crippen molar-refractivity contribution < 1.29 is 28.6 Å². The van der Waals surface area contributed by atoms with Crippen LogP contribution in [0.1, 0.15) is 42.6 Å². The third-order valence-electron chi connectivity index (χ3n) is 8.18. The van der Waals surface area contributed by atoms with Crippen LogP contribution in [-0.4, -0.2) is 41.1 Å². The van der Waals surface area contributed by atoms with E-state index >= 15 is 0 Å². The van der Waals surface area contributed by atoms with Gasteiger partial charge >= 0.3 is 0 Å². The van der Waals surface area contributed by atoms with Gasteiger partial charge in [0.1, 0.15) is 30.5 Å². The number of ether oxygens (including phenoxy) is 2. The quantitative estimate of drug-likeness (QED) is 0.257. The number of aliphatic hydroxyl groups excluding tert-OH is 1. The molecule has 6 rings (SSSR count). The average molecular weight is 560 g/mol. The van der Waals surface area contributed by atoms with Gasteiger partial charge in [0.25, 0.3) is 0 Å². The van der Waals surface area contributed by atoms with Gasteiger partial charge in [0.15, 0.2) is 0 Å². The van der Waals surface area contributed by atoms with Gasteiger partial charge in [-0.15, -0.1) is 11.3 Å². The zero-order valence-electron chi connectivity index (χ0n) is 22.5. The van der Waals surface area contributed by atoms with E-state index in [-0.39, 0.29) is 42.3 Å². The van der Waals surface area contributed by atoms with Gasteiger partial charge in [-0.25, -0.2) is 0 Å². The molecule has 1 N–H and O–H groups in total. The molecular weight excluding hydrogens is 526 g/mol. The van der Waals surface area contributed by atoms with Gasteiger partial charge < -0.3 is 19.0 Å². The molecule has 1 aromatic carbocycles. The van der Waals surface area contributed by atoms with Crippen molar-refractivity contribution in [3.63, 3.8) is 0 Å². The predicted octanol–water partition coefficient (Wildman–Crippen LogP) is 5.61. The van der Waals surface area contributed by atoms with Crippen molar-refractivity contribution >= 4 is 29.2 Å². The first-order chi connectivity index (χ1) is 19.5. The summed E-state index contributed by atoms with van der Waals surface area (Å²) >= 11 is 1.56. The van der Waals surface area contributed by atoms with Crippen molar-refractivity contribution in [1.82, 2.24) is 4.90 Å². The van der Waals surface area contributed by atoms with Gasteiger partial charge in [-0.2, -0.15) is 0 Å². The second-order valence-electron chi connectivity index (χ2n) is 10.8. The van der Waals surface area contributed by atoms with E-state index in [1.165, 1.54) is 4.90 Å². The van der Waals surface area contributed by atoms with Gasteiger partial charge in [0.05, 0.1) is 31.1 Å². The Balaban J connectivity index is 1.24. The average Bonchev–Trinajstić information content (AvgIpc) is 3.77. The van der Waals surface area contributed by atoms with Crippen LogP contribution in [0.3, 0.4) is 0 Å². The smallest absolute Gasteiger partial charge is 0.234 e. The van der Waals surface area contributed by atoms with Crippen molar-refractivity contribution in [3.8, 4) is 5.75 Å². The predicted molar refractivity (Wildman–Crippen MR) is 151 cm³/mol. The summed E-state index contributed by atoms with van der Waals surface area (Å²) in [5.41, 5.74) is 3.36. The van der Waals surface area contributed by atoms with Crippen LogP contribution in [0, 0.1) is 17.8 Å². The number of imide groups is 1. The van der Waals surface area contributed by atoms with E-state index in [9.17, 15) is 14.7 Å². The molecule has 0 radical (unpaired) electrons. The first kappa shape index (κ1) is 26.7. The first-order valence-corrected chi connectivity index (χ1v) is 14.7. The zero-order chi connectivity index (χ0) is 27.6. The molecule has 2 fully saturated rings. The van der Waals surface area contributed by atoms with Crippen LogP contribution in [0.25, 0.3) is 6.08 Å². The standard InChI is InChI=1S/C32H33NO6S/c1-20(14-23-10-11-24(17-34)39-23)9-12-28-29-21(18-37-22-6-3-2-4-7-22)15-26-30(27(29)19-38-28)32(36)33(31(26)35)16-25-8-5-13-40-25/h2-8,10-11,13-14,26-28,30,34H,9,12,15-19H2,1H3/b20-14+/t26-,27+,28-,30-/m1/s1. The van der Waals surface area contributed by atoms with Crippen molar-refractivity contribution in [1.29, 1.82) is 0 Å². The minimum absolute atomic E-state index is 0.0771. The number of hydrogen-bond donors (Lipinski definition) is 1. The largest absolute Gasteiger partial charge is 0.489 e. The SMILES string of the molecule is C/C(=C\c1ccc(CO)o1)CC[C@H]1OC[C@H]2C1=C(COc1ccccc1)C[C@H]1C(=O)N(Cc3cccs3)C(=O)[C@H]12. The third kappa shape index (κ3) is 5.31.